The second-order valence-electron chi connectivity index (χ2n) is 5.70. The van der Waals surface area contributed by atoms with Crippen LogP contribution in [0.1, 0.15) is 52.4 Å². The Balaban J connectivity index is 1.64. The normalized spacial score (nSPS) is 22.6. The number of hydrogen-bond acceptors (Lipinski definition) is 4. The minimum absolute atomic E-state index is 0.00708. The van der Waals surface area contributed by atoms with Crippen molar-refractivity contribution >= 4 is 5.91 Å². The maximum absolute atomic E-state index is 11.8. The molecule has 0 radical (unpaired) electrons. The summed E-state index contributed by atoms with van der Waals surface area (Å²) in [7, 11) is 0. The molecule has 2 fully saturated rings. The van der Waals surface area contributed by atoms with Gasteiger partial charge in [-0.2, -0.15) is 0 Å². The van der Waals surface area contributed by atoms with Crippen LogP contribution in [0.3, 0.4) is 0 Å². The van der Waals surface area contributed by atoms with E-state index >= 15 is 0 Å². The molecule has 1 spiro atoms. The molecule has 1 heterocycles. The zero-order chi connectivity index (χ0) is 14.4. The largest absolute Gasteiger partial charge is 0.368 e. The number of carbonyl (C=O) groups is 1. The Morgan fingerprint density at radius 3 is 2.40 bits per heavy atom. The smallest absolute Gasteiger partial charge is 0.246 e. The molecule has 1 aliphatic heterocycles. The zero-order valence-corrected chi connectivity index (χ0v) is 12.7. The second-order valence-corrected chi connectivity index (χ2v) is 5.70. The lowest BCUT2D eigenvalue weighted by Gasteiger charge is -2.35. The molecule has 0 bridgehead atoms. The maximum atomic E-state index is 11.8. The van der Waals surface area contributed by atoms with Crippen molar-refractivity contribution in [1.29, 1.82) is 0 Å². The van der Waals surface area contributed by atoms with Gasteiger partial charge in [0.1, 0.15) is 6.61 Å². The summed E-state index contributed by atoms with van der Waals surface area (Å²) in [5.41, 5.74) is 0. The molecule has 1 saturated heterocycles. The predicted octanol–water partition coefficient (Wildman–Crippen LogP) is 1.99. The first-order valence-corrected chi connectivity index (χ1v) is 7.86. The number of amides is 1. The SMILES string of the molecule is CCC(CC)NC(=O)COC1CCC2(CC1)OCCO2. The predicted molar refractivity (Wildman–Crippen MR) is 75.4 cm³/mol. The first kappa shape index (κ1) is 15.7. The molecule has 0 aromatic carbocycles. The van der Waals surface area contributed by atoms with Crippen LogP contribution in [0.15, 0.2) is 0 Å². The number of carbonyl (C=O) groups excluding carboxylic acids is 1. The Morgan fingerprint density at radius 1 is 1.25 bits per heavy atom. The molecule has 1 amide bonds. The Bertz CT molecular complexity index is 301. The first-order valence-electron chi connectivity index (χ1n) is 7.86. The highest BCUT2D eigenvalue weighted by Crippen LogP contribution is 2.36. The van der Waals surface area contributed by atoms with Crippen LogP contribution in [0.2, 0.25) is 0 Å². The van der Waals surface area contributed by atoms with E-state index in [0.29, 0.717) is 13.2 Å². The fourth-order valence-electron chi connectivity index (χ4n) is 2.94. The van der Waals surface area contributed by atoms with Gasteiger partial charge in [0, 0.05) is 18.9 Å². The van der Waals surface area contributed by atoms with E-state index < -0.39 is 0 Å². The van der Waals surface area contributed by atoms with E-state index in [2.05, 4.69) is 19.2 Å². The van der Waals surface area contributed by atoms with Gasteiger partial charge in [-0.1, -0.05) is 13.8 Å². The molecule has 2 rings (SSSR count). The third-order valence-electron chi connectivity index (χ3n) is 4.31. The lowest BCUT2D eigenvalue weighted by Crippen LogP contribution is -2.40. The van der Waals surface area contributed by atoms with Crippen molar-refractivity contribution in [3.8, 4) is 0 Å². The van der Waals surface area contributed by atoms with Gasteiger partial charge in [-0.3, -0.25) is 4.79 Å². The quantitative estimate of drug-likeness (QED) is 0.811. The van der Waals surface area contributed by atoms with Crippen LogP contribution in [0.4, 0.5) is 0 Å². The summed E-state index contributed by atoms with van der Waals surface area (Å²) in [4.78, 5) is 11.8. The third kappa shape index (κ3) is 4.17. The van der Waals surface area contributed by atoms with Crippen molar-refractivity contribution in [2.24, 2.45) is 0 Å². The van der Waals surface area contributed by atoms with Crippen molar-refractivity contribution in [2.75, 3.05) is 19.8 Å². The van der Waals surface area contributed by atoms with E-state index in [9.17, 15) is 4.79 Å². The third-order valence-corrected chi connectivity index (χ3v) is 4.31. The van der Waals surface area contributed by atoms with E-state index in [1.165, 1.54) is 0 Å². The van der Waals surface area contributed by atoms with Crippen molar-refractivity contribution in [1.82, 2.24) is 5.32 Å². The van der Waals surface area contributed by atoms with E-state index in [0.717, 1.165) is 38.5 Å². The summed E-state index contributed by atoms with van der Waals surface area (Å²) in [6, 6.07) is 0.265. The molecular weight excluding hydrogens is 258 g/mol. The van der Waals surface area contributed by atoms with Crippen LogP contribution in [-0.2, 0) is 19.0 Å². The highest BCUT2D eigenvalue weighted by molar-refractivity contribution is 5.77. The first-order chi connectivity index (χ1) is 9.67. The summed E-state index contributed by atoms with van der Waals surface area (Å²) < 4.78 is 17.1. The minimum atomic E-state index is -0.350. The van der Waals surface area contributed by atoms with Gasteiger partial charge in [0.2, 0.25) is 5.91 Å². The molecule has 0 unspecified atom stereocenters. The molecular formula is C15H27NO4. The standard InChI is InChI=1S/C15H27NO4/c1-3-12(4-2)16-14(17)11-18-13-5-7-15(8-6-13)19-9-10-20-15/h12-13H,3-11H2,1-2H3,(H,16,17). The van der Waals surface area contributed by atoms with E-state index in [1.54, 1.807) is 0 Å². The molecule has 0 aromatic rings. The number of rotatable bonds is 6. The lowest BCUT2D eigenvalue weighted by molar-refractivity contribution is -0.191. The molecule has 1 saturated carbocycles. The topological polar surface area (TPSA) is 56.8 Å². The fraction of sp³-hybridized carbons (Fsp3) is 0.933. The Kier molecular flexibility index (Phi) is 5.81. The molecule has 5 heteroatoms. The second kappa shape index (κ2) is 7.38. The molecule has 116 valence electrons. The summed E-state index contributed by atoms with van der Waals surface area (Å²) in [6.07, 6.45) is 5.61. The fourth-order valence-corrected chi connectivity index (χ4v) is 2.94. The van der Waals surface area contributed by atoms with Crippen molar-refractivity contribution < 1.29 is 19.0 Å². The molecule has 20 heavy (non-hydrogen) atoms. The molecule has 1 aliphatic carbocycles. The van der Waals surface area contributed by atoms with E-state index in [4.69, 9.17) is 14.2 Å². The Hall–Kier alpha value is -0.650. The van der Waals surface area contributed by atoms with Crippen LogP contribution < -0.4 is 5.32 Å². The van der Waals surface area contributed by atoms with Gasteiger partial charge in [-0.25, -0.2) is 0 Å². The van der Waals surface area contributed by atoms with Gasteiger partial charge in [0.05, 0.1) is 19.3 Å². The van der Waals surface area contributed by atoms with Crippen LogP contribution in [0, 0.1) is 0 Å². The van der Waals surface area contributed by atoms with Gasteiger partial charge in [0.15, 0.2) is 5.79 Å². The summed E-state index contributed by atoms with van der Waals surface area (Å²) in [5, 5.41) is 2.99. The summed E-state index contributed by atoms with van der Waals surface area (Å²) in [6.45, 7) is 5.72. The monoisotopic (exact) mass is 285 g/mol. The average Bonchev–Trinajstić information content (AvgIpc) is 2.92. The van der Waals surface area contributed by atoms with Crippen LogP contribution in [0.25, 0.3) is 0 Å². The average molecular weight is 285 g/mol. The number of nitrogens with one attached hydrogen (secondary N) is 1. The lowest BCUT2D eigenvalue weighted by atomic mass is 9.92. The minimum Gasteiger partial charge on any atom is -0.368 e. The molecule has 0 aromatic heterocycles. The van der Waals surface area contributed by atoms with Crippen LogP contribution >= 0.6 is 0 Å². The van der Waals surface area contributed by atoms with Gasteiger partial charge >= 0.3 is 0 Å². The van der Waals surface area contributed by atoms with Crippen LogP contribution in [-0.4, -0.2) is 43.7 Å². The van der Waals surface area contributed by atoms with Crippen LogP contribution in [0.5, 0.6) is 0 Å². The molecule has 1 N–H and O–H groups in total. The van der Waals surface area contributed by atoms with Gasteiger partial charge < -0.3 is 19.5 Å². The van der Waals surface area contributed by atoms with E-state index in [-0.39, 0.29) is 30.4 Å². The summed E-state index contributed by atoms with van der Waals surface area (Å²) >= 11 is 0. The van der Waals surface area contributed by atoms with Gasteiger partial charge in [-0.05, 0) is 25.7 Å². The maximum Gasteiger partial charge on any atom is 0.246 e. The number of ether oxygens (including phenoxy) is 3. The highest BCUT2D eigenvalue weighted by atomic mass is 16.7. The highest BCUT2D eigenvalue weighted by Gasteiger charge is 2.40. The van der Waals surface area contributed by atoms with Gasteiger partial charge in [-0.15, -0.1) is 0 Å². The molecule has 2 aliphatic rings. The molecule has 5 nitrogen and oxygen atoms in total. The van der Waals surface area contributed by atoms with Crippen molar-refractivity contribution in [3.63, 3.8) is 0 Å². The zero-order valence-electron chi connectivity index (χ0n) is 12.7. The Labute approximate surface area is 121 Å². The van der Waals surface area contributed by atoms with Crippen molar-refractivity contribution in [2.45, 2.75) is 70.3 Å². The Morgan fingerprint density at radius 2 is 1.85 bits per heavy atom. The van der Waals surface area contributed by atoms with Gasteiger partial charge in [0.25, 0.3) is 0 Å². The summed E-state index contributed by atoms with van der Waals surface area (Å²) in [5.74, 6) is -0.357. The van der Waals surface area contributed by atoms with E-state index in [1.807, 2.05) is 0 Å². The van der Waals surface area contributed by atoms with Crippen molar-refractivity contribution in [3.05, 3.63) is 0 Å². The number of hydrogen-bond donors (Lipinski definition) is 1. The molecule has 0 atom stereocenters.